The number of esters is 1. The number of hydrogen-bond donors (Lipinski definition) is 1. The zero-order valence-electron chi connectivity index (χ0n) is 7.90. The molecule has 0 unspecified atom stereocenters. The molecule has 76 valence electrons. The van der Waals surface area contributed by atoms with Crippen LogP contribution < -0.4 is 0 Å². The monoisotopic (exact) mass is 196 g/mol. The molecular weight excluding hydrogens is 184 g/mol. The Hall–Kier alpha value is -1.55. The summed E-state index contributed by atoms with van der Waals surface area (Å²) in [6.07, 6.45) is 2.70. The van der Waals surface area contributed by atoms with Gasteiger partial charge in [0.1, 0.15) is 5.76 Å². The summed E-state index contributed by atoms with van der Waals surface area (Å²) >= 11 is 0. The Balaban J connectivity index is 2.76. The van der Waals surface area contributed by atoms with Crippen LogP contribution in [0.2, 0.25) is 0 Å². The Morgan fingerprint density at radius 1 is 1.71 bits per heavy atom. The normalized spacial score (nSPS) is 11.4. The summed E-state index contributed by atoms with van der Waals surface area (Å²) in [5.41, 5.74) is 0.411. The number of carbonyl (C=O) groups is 1. The molecule has 0 saturated heterocycles. The van der Waals surface area contributed by atoms with E-state index in [0.29, 0.717) is 17.9 Å². The first-order chi connectivity index (χ1) is 6.77. The van der Waals surface area contributed by atoms with Crippen LogP contribution in [0.1, 0.15) is 12.7 Å². The van der Waals surface area contributed by atoms with E-state index in [-0.39, 0.29) is 6.61 Å². The standard InChI is InChI=1S/C10H12O4/c1-2-13-10(12)6-8(7-11)9-4-3-5-14-9/h3-6,11H,2,7H2,1H3. The number of ether oxygens (including phenoxy) is 1. The average molecular weight is 196 g/mol. The minimum Gasteiger partial charge on any atom is -0.465 e. The summed E-state index contributed by atoms with van der Waals surface area (Å²) < 4.78 is 9.73. The average Bonchev–Trinajstić information content (AvgIpc) is 2.67. The first-order valence-electron chi connectivity index (χ1n) is 4.30. The molecule has 1 N–H and O–H groups in total. The molecule has 0 saturated carbocycles. The fraction of sp³-hybridized carbons (Fsp3) is 0.300. The largest absolute Gasteiger partial charge is 0.465 e. The lowest BCUT2D eigenvalue weighted by Gasteiger charge is -2.00. The highest BCUT2D eigenvalue weighted by molar-refractivity contribution is 5.90. The maximum atomic E-state index is 11.1. The van der Waals surface area contributed by atoms with Crippen molar-refractivity contribution in [3.05, 3.63) is 30.2 Å². The van der Waals surface area contributed by atoms with Crippen molar-refractivity contribution in [3.63, 3.8) is 0 Å². The maximum absolute atomic E-state index is 11.1. The van der Waals surface area contributed by atoms with E-state index < -0.39 is 5.97 Å². The molecule has 1 aromatic rings. The van der Waals surface area contributed by atoms with Crippen LogP contribution in [0.3, 0.4) is 0 Å². The molecule has 0 fully saturated rings. The fourth-order valence-electron chi connectivity index (χ4n) is 0.982. The third-order valence-electron chi connectivity index (χ3n) is 1.59. The van der Waals surface area contributed by atoms with Crippen molar-refractivity contribution in [2.45, 2.75) is 6.92 Å². The molecule has 0 amide bonds. The Bertz CT molecular complexity index is 311. The molecule has 0 aliphatic rings. The van der Waals surface area contributed by atoms with Gasteiger partial charge in [-0.05, 0) is 19.1 Å². The first-order valence-corrected chi connectivity index (χ1v) is 4.30. The number of aliphatic hydroxyl groups excluding tert-OH is 1. The van der Waals surface area contributed by atoms with E-state index in [1.54, 1.807) is 19.1 Å². The van der Waals surface area contributed by atoms with Gasteiger partial charge in [0.15, 0.2) is 0 Å². The van der Waals surface area contributed by atoms with Crippen molar-refractivity contribution < 1.29 is 19.1 Å². The van der Waals surface area contributed by atoms with Gasteiger partial charge < -0.3 is 14.3 Å². The van der Waals surface area contributed by atoms with Gasteiger partial charge in [-0.1, -0.05) is 0 Å². The smallest absolute Gasteiger partial charge is 0.331 e. The van der Waals surface area contributed by atoms with E-state index >= 15 is 0 Å². The van der Waals surface area contributed by atoms with Crippen molar-refractivity contribution in [1.82, 2.24) is 0 Å². The number of rotatable bonds is 4. The highest BCUT2D eigenvalue weighted by Crippen LogP contribution is 2.13. The Kier molecular flexibility index (Phi) is 3.94. The van der Waals surface area contributed by atoms with Crippen LogP contribution in [0.5, 0.6) is 0 Å². The molecule has 0 aliphatic carbocycles. The predicted octanol–water partition coefficient (Wildman–Crippen LogP) is 1.22. The summed E-state index contributed by atoms with van der Waals surface area (Å²) in [5, 5.41) is 8.98. The second-order valence-electron chi connectivity index (χ2n) is 2.56. The van der Waals surface area contributed by atoms with Crippen molar-refractivity contribution >= 4 is 11.5 Å². The number of aliphatic hydroxyl groups is 1. The number of hydrogen-bond acceptors (Lipinski definition) is 4. The van der Waals surface area contributed by atoms with Gasteiger partial charge in [0.05, 0.1) is 19.5 Å². The molecule has 0 radical (unpaired) electrons. The Morgan fingerprint density at radius 2 is 2.50 bits per heavy atom. The molecule has 1 heterocycles. The van der Waals surface area contributed by atoms with Crippen LogP contribution in [-0.4, -0.2) is 24.3 Å². The molecule has 4 heteroatoms. The summed E-state index contributed by atoms with van der Waals surface area (Å²) in [6, 6.07) is 3.35. The molecule has 0 aliphatic heterocycles. The van der Waals surface area contributed by atoms with E-state index in [2.05, 4.69) is 0 Å². The van der Waals surface area contributed by atoms with E-state index in [4.69, 9.17) is 14.3 Å². The van der Waals surface area contributed by atoms with Gasteiger partial charge in [-0.3, -0.25) is 0 Å². The molecule has 0 aromatic carbocycles. The zero-order chi connectivity index (χ0) is 10.4. The van der Waals surface area contributed by atoms with E-state index in [1.165, 1.54) is 12.3 Å². The third kappa shape index (κ3) is 2.74. The molecule has 0 spiro atoms. The molecule has 1 rings (SSSR count). The lowest BCUT2D eigenvalue weighted by molar-refractivity contribution is -0.137. The van der Waals surface area contributed by atoms with Crippen molar-refractivity contribution in [1.29, 1.82) is 0 Å². The van der Waals surface area contributed by atoms with Crippen LogP contribution in [0.25, 0.3) is 5.57 Å². The van der Waals surface area contributed by atoms with Gasteiger partial charge in [-0.25, -0.2) is 4.79 Å². The second kappa shape index (κ2) is 5.24. The van der Waals surface area contributed by atoms with Crippen LogP contribution >= 0.6 is 0 Å². The van der Waals surface area contributed by atoms with Crippen LogP contribution in [0, 0.1) is 0 Å². The second-order valence-corrected chi connectivity index (χ2v) is 2.56. The lowest BCUT2D eigenvalue weighted by Crippen LogP contribution is -2.02. The van der Waals surface area contributed by atoms with Gasteiger partial charge in [-0.15, -0.1) is 0 Å². The van der Waals surface area contributed by atoms with Gasteiger partial charge >= 0.3 is 5.97 Å². The van der Waals surface area contributed by atoms with Gasteiger partial charge in [0, 0.05) is 11.6 Å². The van der Waals surface area contributed by atoms with Gasteiger partial charge in [0.2, 0.25) is 0 Å². The highest BCUT2D eigenvalue weighted by Gasteiger charge is 2.06. The van der Waals surface area contributed by atoms with Crippen molar-refractivity contribution in [2.24, 2.45) is 0 Å². The maximum Gasteiger partial charge on any atom is 0.331 e. The fourth-order valence-corrected chi connectivity index (χ4v) is 0.982. The van der Waals surface area contributed by atoms with Crippen LogP contribution in [-0.2, 0) is 9.53 Å². The third-order valence-corrected chi connectivity index (χ3v) is 1.59. The molecule has 0 bridgehead atoms. The Labute approximate surface area is 81.8 Å². The number of carbonyl (C=O) groups excluding carboxylic acids is 1. The van der Waals surface area contributed by atoms with Crippen molar-refractivity contribution in [2.75, 3.05) is 13.2 Å². The lowest BCUT2D eigenvalue weighted by atomic mass is 10.2. The predicted molar refractivity (Wildman–Crippen MR) is 50.4 cm³/mol. The minimum atomic E-state index is -0.479. The minimum absolute atomic E-state index is 0.258. The first kappa shape index (κ1) is 10.5. The molecule has 1 aromatic heterocycles. The van der Waals surface area contributed by atoms with E-state index in [9.17, 15) is 4.79 Å². The highest BCUT2D eigenvalue weighted by atomic mass is 16.5. The summed E-state index contributed by atoms with van der Waals surface area (Å²) in [7, 11) is 0. The molecule has 4 nitrogen and oxygen atoms in total. The van der Waals surface area contributed by atoms with E-state index in [1.807, 2.05) is 0 Å². The summed E-state index contributed by atoms with van der Waals surface area (Å²) in [5.74, 6) is -0.00602. The summed E-state index contributed by atoms with van der Waals surface area (Å²) in [4.78, 5) is 11.1. The van der Waals surface area contributed by atoms with E-state index in [0.717, 1.165) is 0 Å². The topological polar surface area (TPSA) is 59.7 Å². The number of furan rings is 1. The van der Waals surface area contributed by atoms with Gasteiger partial charge in [-0.2, -0.15) is 0 Å². The molecule has 14 heavy (non-hydrogen) atoms. The van der Waals surface area contributed by atoms with Gasteiger partial charge in [0.25, 0.3) is 0 Å². The van der Waals surface area contributed by atoms with Crippen molar-refractivity contribution in [3.8, 4) is 0 Å². The van der Waals surface area contributed by atoms with Crippen LogP contribution in [0.15, 0.2) is 28.9 Å². The molecular formula is C10H12O4. The quantitative estimate of drug-likeness (QED) is 0.581. The summed E-state index contributed by atoms with van der Waals surface area (Å²) in [6.45, 7) is 1.77. The molecule has 0 atom stereocenters. The zero-order valence-corrected chi connectivity index (χ0v) is 7.90. The Morgan fingerprint density at radius 3 is 3.00 bits per heavy atom. The SMILES string of the molecule is CCOC(=O)C=C(CO)c1ccco1. The van der Waals surface area contributed by atoms with Crippen LogP contribution in [0.4, 0.5) is 0 Å².